The SMILES string of the molecule is Cl.NC1CC2CCCC(C1)C2NC(=O)CCN1C(=O)CSc2ccccc21. The monoisotopic (exact) mass is 409 g/mol. The summed E-state index contributed by atoms with van der Waals surface area (Å²) in [6.45, 7) is 0.448. The lowest BCUT2D eigenvalue weighted by atomic mass is 9.67. The summed E-state index contributed by atoms with van der Waals surface area (Å²) >= 11 is 1.57. The number of fused-ring (bicyclic) bond motifs is 3. The lowest BCUT2D eigenvalue weighted by molar-refractivity contribution is -0.123. The van der Waals surface area contributed by atoms with E-state index in [1.54, 1.807) is 16.7 Å². The van der Waals surface area contributed by atoms with E-state index in [-0.39, 0.29) is 30.3 Å². The second-order valence-corrected chi connectivity index (χ2v) is 8.84. The Bertz CT molecular complexity index is 688. The molecule has 1 heterocycles. The van der Waals surface area contributed by atoms with E-state index in [9.17, 15) is 9.59 Å². The van der Waals surface area contributed by atoms with Crippen LogP contribution in [0.2, 0.25) is 0 Å². The molecule has 3 N–H and O–H groups in total. The molecule has 2 bridgehead atoms. The predicted octanol–water partition coefficient (Wildman–Crippen LogP) is 2.96. The Morgan fingerprint density at radius 1 is 1.22 bits per heavy atom. The minimum atomic E-state index is 0. The molecule has 0 saturated heterocycles. The minimum Gasteiger partial charge on any atom is -0.353 e. The fourth-order valence-electron chi connectivity index (χ4n) is 4.90. The van der Waals surface area contributed by atoms with E-state index in [0.717, 1.165) is 23.4 Å². The van der Waals surface area contributed by atoms with Crippen molar-refractivity contribution in [1.29, 1.82) is 0 Å². The topological polar surface area (TPSA) is 75.4 Å². The van der Waals surface area contributed by atoms with E-state index in [0.29, 0.717) is 36.6 Å². The lowest BCUT2D eigenvalue weighted by Crippen LogP contribution is -2.54. The summed E-state index contributed by atoms with van der Waals surface area (Å²) in [4.78, 5) is 27.8. The van der Waals surface area contributed by atoms with Gasteiger partial charge in [0.25, 0.3) is 0 Å². The Balaban J connectivity index is 0.00000210. The molecule has 7 heteroatoms. The van der Waals surface area contributed by atoms with Gasteiger partial charge in [0.05, 0.1) is 11.4 Å². The fraction of sp³-hybridized carbons (Fsp3) is 0.600. The molecule has 2 amide bonds. The van der Waals surface area contributed by atoms with Gasteiger partial charge in [0.15, 0.2) is 0 Å². The Labute approximate surface area is 171 Å². The highest BCUT2D eigenvalue weighted by Gasteiger charge is 2.39. The van der Waals surface area contributed by atoms with Gasteiger partial charge < -0.3 is 16.0 Å². The molecule has 5 nitrogen and oxygen atoms in total. The molecule has 4 rings (SSSR count). The summed E-state index contributed by atoms with van der Waals surface area (Å²) in [5.74, 6) is 1.64. The molecule has 2 aliphatic carbocycles. The number of para-hydroxylation sites is 1. The van der Waals surface area contributed by atoms with Crippen LogP contribution in [0, 0.1) is 11.8 Å². The summed E-state index contributed by atoms with van der Waals surface area (Å²) < 4.78 is 0. The first-order chi connectivity index (χ1) is 12.6. The molecule has 3 aliphatic rings. The Morgan fingerprint density at radius 3 is 2.67 bits per heavy atom. The van der Waals surface area contributed by atoms with Crippen LogP contribution < -0.4 is 16.0 Å². The van der Waals surface area contributed by atoms with Crippen molar-refractivity contribution in [2.75, 3.05) is 17.2 Å². The third kappa shape index (κ3) is 4.44. The number of halogens is 1. The molecule has 2 unspecified atom stereocenters. The average Bonchev–Trinajstić information content (AvgIpc) is 2.61. The summed E-state index contributed by atoms with van der Waals surface area (Å²) in [7, 11) is 0. The van der Waals surface area contributed by atoms with Gasteiger partial charge in [0.1, 0.15) is 0 Å². The third-order valence-corrected chi connectivity index (χ3v) is 7.12. The molecule has 148 valence electrons. The van der Waals surface area contributed by atoms with Crippen molar-refractivity contribution in [2.24, 2.45) is 17.6 Å². The van der Waals surface area contributed by atoms with Gasteiger partial charge in [-0.2, -0.15) is 0 Å². The Hall–Kier alpha value is -1.24. The van der Waals surface area contributed by atoms with Crippen LogP contribution in [-0.2, 0) is 9.59 Å². The number of nitrogens with zero attached hydrogens (tertiary/aromatic N) is 1. The maximum atomic E-state index is 12.6. The number of carbonyl (C=O) groups excluding carboxylic acids is 2. The van der Waals surface area contributed by atoms with Crippen LogP contribution in [0.1, 0.15) is 38.5 Å². The van der Waals surface area contributed by atoms with Crippen molar-refractivity contribution in [2.45, 2.75) is 55.5 Å². The number of hydrogen-bond acceptors (Lipinski definition) is 4. The molecule has 2 fully saturated rings. The fourth-order valence-corrected chi connectivity index (χ4v) is 5.83. The van der Waals surface area contributed by atoms with Crippen molar-refractivity contribution in [3.8, 4) is 0 Å². The molecular weight excluding hydrogens is 382 g/mol. The first kappa shape index (κ1) is 20.5. The van der Waals surface area contributed by atoms with Gasteiger partial charge in [0, 0.05) is 29.9 Å². The van der Waals surface area contributed by atoms with E-state index < -0.39 is 0 Å². The number of rotatable bonds is 4. The molecule has 0 spiro atoms. The Kier molecular flexibility index (Phi) is 6.71. The summed E-state index contributed by atoms with van der Waals surface area (Å²) in [6, 6.07) is 8.49. The molecule has 2 atom stereocenters. The zero-order chi connectivity index (χ0) is 18.1. The van der Waals surface area contributed by atoms with E-state index in [1.165, 1.54) is 19.3 Å². The average molecular weight is 410 g/mol. The van der Waals surface area contributed by atoms with Crippen LogP contribution in [0.4, 0.5) is 5.69 Å². The smallest absolute Gasteiger partial charge is 0.237 e. The van der Waals surface area contributed by atoms with Crippen LogP contribution in [-0.4, -0.2) is 36.2 Å². The first-order valence-electron chi connectivity index (χ1n) is 9.69. The van der Waals surface area contributed by atoms with E-state index in [2.05, 4.69) is 5.32 Å². The van der Waals surface area contributed by atoms with Crippen LogP contribution in [0.25, 0.3) is 0 Å². The molecule has 1 aromatic carbocycles. The standard InChI is InChI=1S/C20H27N3O2S.ClH/c21-15-10-13-4-3-5-14(11-15)20(13)22-18(24)8-9-23-16-6-1-2-7-17(16)26-12-19(23)25;/h1-2,6-7,13-15,20H,3-5,8-12,21H2,(H,22,24);1H. The zero-order valence-corrected chi connectivity index (χ0v) is 17.1. The van der Waals surface area contributed by atoms with Crippen molar-refractivity contribution in [3.05, 3.63) is 24.3 Å². The van der Waals surface area contributed by atoms with Crippen LogP contribution in [0.5, 0.6) is 0 Å². The maximum absolute atomic E-state index is 12.6. The van der Waals surface area contributed by atoms with Gasteiger partial charge >= 0.3 is 0 Å². The number of carbonyl (C=O) groups is 2. The van der Waals surface area contributed by atoms with Crippen LogP contribution >= 0.6 is 24.2 Å². The van der Waals surface area contributed by atoms with Gasteiger partial charge in [-0.15, -0.1) is 24.2 Å². The number of benzene rings is 1. The van der Waals surface area contributed by atoms with E-state index >= 15 is 0 Å². The van der Waals surface area contributed by atoms with Crippen molar-refractivity contribution >= 4 is 41.7 Å². The van der Waals surface area contributed by atoms with Gasteiger partial charge in [-0.25, -0.2) is 0 Å². The van der Waals surface area contributed by atoms with Crippen LogP contribution in [0.15, 0.2) is 29.2 Å². The summed E-state index contributed by atoms with van der Waals surface area (Å²) in [5.41, 5.74) is 7.11. The molecule has 0 aromatic heterocycles. The number of thioether (sulfide) groups is 1. The molecule has 1 aliphatic heterocycles. The zero-order valence-electron chi connectivity index (χ0n) is 15.4. The maximum Gasteiger partial charge on any atom is 0.237 e. The largest absolute Gasteiger partial charge is 0.353 e. The van der Waals surface area contributed by atoms with Crippen molar-refractivity contribution in [1.82, 2.24) is 5.32 Å². The van der Waals surface area contributed by atoms with Gasteiger partial charge in [0.2, 0.25) is 11.8 Å². The molecule has 2 saturated carbocycles. The van der Waals surface area contributed by atoms with E-state index in [4.69, 9.17) is 5.73 Å². The molecule has 1 aromatic rings. The minimum absolute atomic E-state index is 0. The lowest BCUT2D eigenvalue weighted by Gasteiger charge is -2.45. The molecule has 0 radical (unpaired) electrons. The number of anilines is 1. The highest BCUT2D eigenvalue weighted by atomic mass is 35.5. The number of nitrogens with two attached hydrogens (primary N) is 1. The van der Waals surface area contributed by atoms with Gasteiger partial charge in [-0.3, -0.25) is 9.59 Å². The predicted molar refractivity (Wildman–Crippen MR) is 111 cm³/mol. The summed E-state index contributed by atoms with van der Waals surface area (Å²) in [6.07, 6.45) is 6.00. The number of hydrogen-bond donors (Lipinski definition) is 2. The van der Waals surface area contributed by atoms with Gasteiger partial charge in [-0.05, 0) is 49.7 Å². The molecular formula is C20H28ClN3O2S. The van der Waals surface area contributed by atoms with Crippen molar-refractivity contribution in [3.63, 3.8) is 0 Å². The second-order valence-electron chi connectivity index (χ2n) is 7.83. The van der Waals surface area contributed by atoms with Crippen molar-refractivity contribution < 1.29 is 9.59 Å². The van der Waals surface area contributed by atoms with Gasteiger partial charge in [-0.1, -0.05) is 18.6 Å². The third-order valence-electron chi connectivity index (χ3n) is 6.07. The van der Waals surface area contributed by atoms with Crippen LogP contribution in [0.3, 0.4) is 0 Å². The quantitative estimate of drug-likeness (QED) is 0.801. The second kappa shape index (κ2) is 8.84. The highest BCUT2D eigenvalue weighted by Crippen LogP contribution is 2.40. The van der Waals surface area contributed by atoms with E-state index in [1.807, 2.05) is 24.3 Å². The highest BCUT2D eigenvalue weighted by molar-refractivity contribution is 8.00. The summed E-state index contributed by atoms with van der Waals surface area (Å²) in [5, 5.41) is 3.28. The Morgan fingerprint density at radius 2 is 1.93 bits per heavy atom. The number of amides is 2. The number of nitrogens with one attached hydrogen (secondary N) is 1. The first-order valence-corrected chi connectivity index (χ1v) is 10.7. The normalized spacial score (nSPS) is 29.5. The molecule has 27 heavy (non-hydrogen) atoms.